The largest absolute Gasteiger partial charge is 0.382 e. The van der Waals surface area contributed by atoms with E-state index in [9.17, 15) is 4.39 Å². The summed E-state index contributed by atoms with van der Waals surface area (Å²) in [6.45, 7) is 4.14. The highest BCUT2D eigenvalue weighted by Crippen LogP contribution is 2.15. The molecular weight excluding hydrogens is 153 g/mol. The van der Waals surface area contributed by atoms with E-state index in [1.54, 1.807) is 0 Å². The molecule has 1 aromatic rings. The highest BCUT2D eigenvalue weighted by molar-refractivity contribution is 5.51. The normalized spacial score (nSPS) is 9.92. The first-order valence-corrected chi connectivity index (χ1v) is 4.11. The van der Waals surface area contributed by atoms with Crippen LogP contribution >= 0.6 is 0 Å². The Balaban J connectivity index is 2.72. The average molecular weight is 167 g/mol. The Kier molecular flexibility index (Phi) is 3.09. The fourth-order valence-corrected chi connectivity index (χ4v) is 1.19. The Morgan fingerprint density at radius 2 is 2.08 bits per heavy atom. The predicted molar refractivity (Wildman–Crippen MR) is 50.4 cm³/mol. The van der Waals surface area contributed by atoms with Crippen molar-refractivity contribution in [2.45, 2.75) is 13.8 Å². The molecule has 2 heteroatoms. The SMILES string of the molecule is Cc1ccc(NCCF)c(C)c1. The molecule has 0 fully saturated rings. The minimum absolute atomic E-state index is 0.326. The van der Waals surface area contributed by atoms with E-state index < -0.39 is 0 Å². The summed E-state index contributed by atoms with van der Waals surface area (Å²) in [5.74, 6) is 0. The average Bonchev–Trinajstić information content (AvgIpc) is 2.03. The first kappa shape index (κ1) is 9.04. The molecular formula is C10H14FN. The summed E-state index contributed by atoms with van der Waals surface area (Å²) in [5, 5.41) is 3.01. The fourth-order valence-electron chi connectivity index (χ4n) is 1.19. The second-order valence-electron chi connectivity index (χ2n) is 2.93. The lowest BCUT2D eigenvalue weighted by Crippen LogP contribution is -2.04. The van der Waals surface area contributed by atoms with Crippen LogP contribution in [0.25, 0.3) is 0 Å². The summed E-state index contributed by atoms with van der Waals surface area (Å²) in [4.78, 5) is 0. The van der Waals surface area contributed by atoms with Gasteiger partial charge >= 0.3 is 0 Å². The van der Waals surface area contributed by atoms with E-state index in [2.05, 4.69) is 11.4 Å². The summed E-state index contributed by atoms with van der Waals surface area (Å²) >= 11 is 0. The highest BCUT2D eigenvalue weighted by Gasteiger charge is 1.95. The molecule has 0 heterocycles. The number of rotatable bonds is 3. The summed E-state index contributed by atoms with van der Waals surface area (Å²) in [6, 6.07) is 6.09. The minimum Gasteiger partial charge on any atom is -0.382 e. The van der Waals surface area contributed by atoms with Gasteiger partial charge in [-0.3, -0.25) is 0 Å². The van der Waals surface area contributed by atoms with Crippen LogP contribution in [-0.2, 0) is 0 Å². The van der Waals surface area contributed by atoms with E-state index in [0.29, 0.717) is 6.54 Å². The molecule has 0 aliphatic rings. The Hall–Kier alpha value is -1.05. The van der Waals surface area contributed by atoms with E-state index in [4.69, 9.17) is 0 Å². The molecule has 0 saturated heterocycles. The molecule has 1 rings (SSSR count). The van der Waals surface area contributed by atoms with Crippen molar-refractivity contribution < 1.29 is 4.39 Å². The standard InChI is InChI=1S/C10H14FN/c1-8-3-4-10(9(2)7-8)12-6-5-11/h3-4,7,12H,5-6H2,1-2H3. The van der Waals surface area contributed by atoms with Crippen molar-refractivity contribution in [1.82, 2.24) is 0 Å². The molecule has 0 spiro atoms. The van der Waals surface area contributed by atoms with Gasteiger partial charge in [-0.15, -0.1) is 0 Å². The van der Waals surface area contributed by atoms with Crippen LogP contribution in [0.2, 0.25) is 0 Å². The molecule has 1 N–H and O–H groups in total. The number of benzene rings is 1. The molecule has 0 aliphatic carbocycles. The number of hydrogen-bond acceptors (Lipinski definition) is 1. The van der Waals surface area contributed by atoms with Crippen molar-refractivity contribution in [3.8, 4) is 0 Å². The third kappa shape index (κ3) is 2.22. The molecule has 0 aromatic heterocycles. The smallest absolute Gasteiger partial charge is 0.107 e. The number of aryl methyl sites for hydroxylation is 2. The molecule has 0 amide bonds. The molecule has 1 aromatic carbocycles. The topological polar surface area (TPSA) is 12.0 Å². The maximum Gasteiger partial charge on any atom is 0.107 e. The number of nitrogens with one attached hydrogen (secondary N) is 1. The molecule has 0 bridgehead atoms. The first-order valence-electron chi connectivity index (χ1n) is 4.11. The Bertz CT molecular complexity index is 258. The molecule has 66 valence electrons. The van der Waals surface area contributed by atoms with Crippen molar-refractivity contribution in [1.29, 1.82) is 0 Å². The fraction of sp³-hybridized carbons (Fsp3) is 0.400. The van der Waals surface area contributed by atoms with Gasteiger partial charge in [-0.1, -0.05) is 17.7 Å². The van der Waals surface area contributed by atoms with E-state index in [0.717, 1.165) is 5.69 Å². The van der Waals surface area contributed by atoms with Gasteiger partial charge < -0.3 is 5.32 Å². The van der Waals surface area contributed by atoms with Gasteiger partial charge in [0.25, 0.3) is 0 Å². The van der Waals surface area contributed by atoms with Gasteiger partial charge in [0.1, 0.15) is 6.67 Å². The Labute approximate surface area is 72.6 Å². The molecule has 12 heavy (non-hydrogen) atoms. The highest BCUT2D eigenvalue weighted by atomic mass is 19.1. The van der Waals surface area contributed by atoms with Gasteiger partial charge in [-0.05, 0) is 25.5 Å². The van der Waals surface area contributed by atoms with Crippen LogP contribution < -0.4 is 5.32 Å². The van der Waals surface area contributed by atoms with Gasteiger partial charge in [-0.25, -0.2) is 4.39 Å². The summed E-state index contributed by atoms with van der Waals surface area (Å²) in [7, 11) is 0. The number of halogens is 1. The van der Waals surface area contributed by atoms with Gasteiger partial charge in [0.2, 0.25) is 0 Å². The lowest BCUT2D eigenvalue weighted by Gasteiger charge is -2.07. The number of hydrogen-bond donors (Lipinski definition) is 1. The lowest BCUT2D eigenvalue weighted by atomic mass is 10.1. The van der Waals surface area contributed by atoms with Crippen LogP contribution in [-0.4, -0.2) is 13.2 Å². The van der Waals surface area contributed by atoms with Crippen LogP contribution in [0.3, 0.4) is 0 Å². The predicted octanol–water partition coefficient (Wildman–Crippen LogP) is 2.68. The molecule has 0 aliphatic heterocycles. The Morgan fingerprint density at radius 1 is 1.33 bits per heavy atom. The number of anilines is 1. The van der Waals surface area contributed by atoms with Gasteiger partial charge in [0, 0.05) is 12.2 Å². The summed E-state index contributed by atoms with van der Waals surface area (Å²) in [5.41, 5.74) is 3.43. The summed E-state index contributed by atoms with van der Waals surface area (Å²) < 4.78 is 11.8. The van der Waals surface area contributed by atoms with Gasteiger partial charge in [0.15, 0.2) is 0 Å². The monoisotopic (exact) mass is 167 g/mol. The van der Waals surface area contributed by atoms with Crippen molar-refractivity contribution >= 4 is 5.69 Å². The van der Waals surface area contributed by atoms with Crippen LogP contribution in [0.5, 0.6) is 0 Å². The molecule has 0 radical (unpaired) electrons. The van der Waals surface area contributed by atoms with E-state index >= 15 is 0 Å². The van der Waals surface area contributed by atoms with Crippen LogP contribution in [0.4, 0.5) is 10.1 Å². The van der Waals surface area contributed by atoms with Gasteiger partial charge in [0.05, 0.1) is 0 Å². The van der Waals surface area contributed by atoms with Crippen molar-refractivity contribution in [3.63, 3.8) is 0 Å². The van der Waals surface area contributed by atoms with Crippen LogP contribution in [0.15, 0.2) is 18.2 Å². The second kappa shape index (κ2) is 4.10. The first-order chi connectivity index (χ1) is 5.74. The zero-order valence-corrected chi connectivity index (χ0v) is 7.52. The maximum atomic E-state index is 11.8. The van der Waals surface area contributed by atoms with E-state index in [1.165, 1.54) is 11.1 Å². The van der Waals surface area contributed by atoms with Crippen LogP contribution in [0.1, 0.15) is 11.1 Å². The van der Waals surface area contributed by atoms with E-state index in [-0.39, 0.29) is 6.67 Å². The summed E-state index contributed by atoms with van der Waals surface area (Å²) in [6.07, 6.45) is 0. The van der Waals surface area contributed by atoms with Crippen molar-refractivity contribution in [2.75, 3.05) is 18.5 Å². The third-order valence-corrected chi connectivity index (χ3v) is 1.79. The Morgan fingerprint density at radius 3 is 2.67 bits per heavy atom. The lowest BCUT2D eigenvalue weighted by molar-refractivity contribution is 0.512. The third-order valence-electron chi connectivity index (χ3n) is 1.79. The van der Waals surface area contributed by atoms with E-state index in [1.807, 2.05) is 26.0 Å². The van der Waals surface area contributed by atoms with Crippen molar-refractivity contribution in [2.24, 2.45) is 0 Å². The quantitative estimate of drug-likeness (QED) is 0.729. The van der Waals surface area contributed by atoms with Gasteiger partial charge in [-0.2, -0.15) is 0 Å². The minimum atomic E-state index is -0.326. The maximum absolute atomic E-state index is 11.8. The number of alkyl halides is 1. The second-order valence-corrected chi connectivity index (χ2v) is 2.93. The molecule has 0 saturated carbocycles. The molecule has 0 atom stereocenters. The molecule has 1 nitrogen and oxygen atoms in total. The zero-order valence-electron chi connectivity index (χ0n) is 7.52. The zero-order chi connectivity index (χ0) is 8.97. The van der Waals surface area contributed by atoms with Crippen LogP contribution in [0, 0.1) is 13.8 Å². The van der Waals surface area contributed by atoms with Crippen molar-refractivity contribution in [3.05, 3.63) is 29.3 Å². The molecule has 0 unspecified atom stereocenters.